The summed E-state index contributed by atoms with van der Waals surface area (Å²) >= 11 is 0. The van der Waals surface area contributed by atoms with Crippen LogP contribution in [0.3, 0.4) is 0 Å². The van der Waals surface area contributed by atoms with Crippen molar-refractivity contribution in [3.05, 3.63) is 0 Å². The van der Waals surface area contributed by atoms with Crippen molar-refractivity contribution in [1.29, 1.82) is 0 Å². The molecule has 0 aliphatic carbocycles. The van der Waals surface area contributed by atoms with Gasteiger partial charge in [0.25, 0.3) is 0 Å². The minimum atomic E-state index is -3.30. The monoisotopic (exact) mass is 211 g/mol. The van der Waals surface area contributed by atoms with Crippen molar-refractivity contribution in [2.24, 2.45) is 0 Å². The highest BCUT2D eigenvalue weighted by Gasteiger charge is 2.12. The molecule has 0 aromatic carbocycles. The molecule has 0 aliphatic heterocycles. The molecule has 1 atom stereocenters. The third-order valence-corrected chi connectivity index (χ3v) is 2.82. The van der Waals surface area contributed by atoms with E-state index in [4.69, 9.17) is 9.84 Å². The molecule has 0 amide bonds. The number of sulfonamides is 1. The van der Waals surface area contributed by atoms with Crippen LogP contribution in [0.1, 0.15) is 13.8 Å². The molecular formula is C7H17NO4S. The van der Waals surface area contributed by atoms with Crippen molar-refractivity contribution in [2.45, 2.75) is 19.9 Å². The van der Waals surface area contributed by atoms with Gasteiger partial charge in [-0.05, 0) is 13.8 Å². The van der Waals surface area contributed by atoms with Crippen LogP contribution in [-0.2, 0) is 14.8 Å². The Balaban J connectivity index is 3.81. The highest BCUT2D eigenvalue weighted by atomic mass is 32.2. The number of aliphatic hydroxyl groups is 1. The van der Waals surface area contributed by atoms with E-state index in [0.29, 0.717) is 6.61 Å². The van der Waals surface area contributed by atoms with Gasteiger partial charge in [0.15, 0.2) is 0 Å². The Morgan fingerprint density at radius 1 is 1.54 bits per heavy atom. The molecule has 0 saturated carbocycles. The van der Waals surface area contributed by atoms with E-state index in [0.717, 1.165) is 0 Å². The van der Waals surface area contributed by atoms with E-state index in [2.05, 4.69) is 4.72 Å². The highest BCUT2D eigenvalue weighted by molar-refractivity contribution is 7.89. The lowest BCUT2D eigenvalue weighted by Crippen LogP contribution is -2.37. The topological polar surface area (TPSA) is 75.6 Å². The van der Waals surface area contributed by atoms with E-state index in [-0.39, 0.29) is 19.0 Å². The molecule has 0 bridgehead atoms. The Labute approximate surface area is 79.1 Å². The van der Waals surface area contributed by atoms with Crippen LogP contribution in [0.15, 0.2) is 0 Å². The quantitative estimate of drug-likeness (QED) is 0.547. The lowest BCUT2D eigenvalue weighted by Gasteiger charge is -2.10. The van der Waals surface area contributed by atoms with Gasteiger partial charge in [0.2, 0.25) is 10.0 Å². The second kappa shape index (κ2) is 6.31. The highest BCUT2D eigenvalue weighted by Crippen LogP contribution is 1.89. The maximum absolute atomic E-state index is 11.2. The minimum absolute atomic E-state index is 0.0643. The Morgan fingerprint density at radius 3 is 2.62 bits per heavy atom. The van der Waals surface area contributed by atoms with Crippen LogP contribution >= 0.6 is 0 Å². The van der Waals surface area contributed by atoms with Gasteiger partial charge in [-0.3, -0.25) is 0 Å². The summed E-state index contributed by atoms with van der Waals surface area (Å²) < 4.78 is 29.6. The third kappa shape index (κ3) is 6.94. The normalized spacial score (nSPS) is 14.4. The molecule has 0 spiro atoms. The van der Waals surface area contributed by atoms with Crippen LogP contribution in [0, 0.1) is 0 Å². The van der Waals surface area contributed by atoms with Crippen LogP contribution in [0.4, 0.5) is 0 Å². The van der Waals surface area contributed by atoms with E-state index in [1.165, 1.54) is 0 Å². The van der Waals surface area contributed by atoms with Crippen LogP contribution in [0.2, 0.25) is 0 Å². The van der Waals surface area contributed by atoms with Gasteiger partial charge in [-0.25, -0.2) is 13.1 Å². The fourth-order valence-corrected chi connectivity index (χ4v) is 1.86. The summed E-state index contributed by atoms with van der Waals surface area (Å²) in [6, 6.07) is -0.438. The van der Waals surface area contributed by atoms with Crippen LogP contribution < -0.4 is 4.72 Å². The predicted molar refractivity (Wildman–Crippen MR) is 50.0 cm³/mol. The summed E-state index contributed by atoms with van der Waals surface area (Å²) in [7, 11) is -3.30. The zero-order valence-corrected chi connectivity index (χ0v) is 8.80. The smallest absolute Gasteiger partial charge is 0.214 e. The number of ether oxygens (including phenoxy) is 1. The number of aliphatic hydroxyl groups excluding tert-OH is 1. The Morgan fingerprint density at radius 2 is 2.15 bits per heavy atom. The van der Waals surface area contributed by atoms with E-state index in [1.54, 1.807) is 13.8 Å². The number of hydrogen-bond donors (Lipinski definition) is 2. The van der Waals surface area contributed by atoms with Crippen molar-refractivity contribution in [1.82, 2.24) is 4.72 Å². The molecule has 5 nitrogen and oxygen atoms in total. The van der Waals surface area contributed by atoms with Gasteiger partial charge >= 0.3 is 0 Å². The summed E-state index contributed by atoms with van der Waals surface area (Å²) in [4.78, 5) is 0. The molecular weight excluding hydrogens is 194 g/mol. The molecule has 0 aromatic rings. The van der Waals surface area contributed by atoms with Crippen LogP contribution in [-0.4, -0.2) is 45.1 Å². The third-order valence-electron chi connectivity index (χ3n) is 1.36. The van der Waals surface area contributed by atoms with E-state index < -0.39 is 16.1 Å². The summed E-state index contributed by atoms with van der Waals surface area (Å²) in [6.45, 7) is 3.89. The molecule has 13 heavy (non-hydrogen) atoms. The number of rotatable bonds is 7. The van der Waals surface area contributed by atoms with Crippen molar-refractivity contribution in [3.63, 3.8) is 0 Å². The SMILES string of the molecule is CCOCCS(=O)(=O)N[C@@H](C)CO. The summed E-state index contributed by atoms with van der Waals surface area (Å²) in [5, 5.41) is 8.61. The molecule has 6 heteroatoms. The molecule has 0 radical (unpaired) electrons. The van der Waals surface area contributed by atoms with Gasteiger partial charge in [0, 0.05) is 12.6 Å². The molecule has 0 saturated heterocycles. The molecule has 0 rings (SSSR count). The first kappa shape index (κ1) is 12.8. The lowest BCUT2D eigenvalue weighted by molar-refractivity contribution is 0.163. The maximum Gasteiger partial charge on any atom is 0.214 e. The van der Waals surface area contributed by atoms with Gasteiger partial charge in [0.05, 0.1) is 19.0 Å². The van der Waals surface area contributed by atoms with E-state index in [9.17, 15) is 8.42 Å². The van der Waals surface area contributed by atoms with Crippen molar-refractivity contribution < 1.29 is 18.3 Å². The molecule has 2 N–H and O–H groups in total. The van der Waals surface area contributed by atoms with Crippen LogP contribution in [0.5, 0.6) is 0 Å². The number of nitrogens with one attached hydrogen (secondary N) is 1. The van der Waals surface area contributed by atoms with Crippen LogP contribution in [0.25, 0.3) is 0 Å². The van der Waals surface area contributed by atoms with Crippen molar-refractivity contribution in [2.75, 3.05) is 25.6 Å². The second-order valence-electron chi connectivity index (χ2n) is 2.72. The van der Waals surface area contributed by atoms with Gasteiger partial charge in [-0.15, -0.1) is 0 Å². The first-order valence-electron chi connectivity index (χ1n) is 4.20. The summed E-state index contributed by atoms with van der Waals surface area (Å²) in [6.07, 6.45) is 0. The molecule has 0 unspecified atom stereocenters. The average Bonchev–Trinajstić information content (AvgIpc) is 2.03. The zero-order chi connectivity index (χ0) is 10.3. The molecule has 0 aliphatic rings. The van der Waals surface area contributed by atoms with Crippen molar-refractivity contribution >= 4 is 10.0 Å². The van der Waals surface area contributed by atoms with E-state index in [1.807, 2.05) is 0 Å². The largest absolute Gasteiger partial charge is 0.395 e. The lowest BCUT2D eigenvalue weighted by atomic mass is 10.4. The molecule has 80 valence electrons. The standard InChI is InChI=1S/C7H17NO4S/c1-3-12-4-5-13(10,11)8-7(2)6-9/h7-9H,3-6H2,1-2H3/t7-/m0/s1. The maximum atomic E-state index is 11.2. The van der Waals surface area contributed by atoms with Gasteiger partial charge in [-0.1, -0.05) is 0 Å². The fourth-order valence-electron chi connectivity index (χ4n) is 0.716. The first-order valence-corrected chi connectivity index (χ1v) is 5.85. The van der Waals surface area contributed by atoms with Crippen molar-refractivity contribution in [3.8, 4) is 0 Å². The second-order valence-corrected chi connectivity index (χ2v) is 4.59. The van der Waals surface area contributed by atoms with Gasteiger partial charge in [0.1, 0.15) is 0 Å². The van der Waals surface area contributed by atoms with E-state index >= 15 is 0 Å². The minimum Gasteiger partial charge on any atom is -0.395 e. The first-order chi connectivity index (χ1) is 6.02. The predicted octanol–water partition coefficient (Wildman–Crippen LogP) is -0.677. The Hall–Kier alpha value is -0.170. The fraction of sp³-hybridized carbons (Fsp3) is 1.00. The Bertz CT molecular complexity index is 215. The number of hydrogen-bond acceptors (Lipinski definition) is 4. The average molecular weight is 211 g/mol. The van der Waals surface area contributed by atoms with Gasteiger partial charge in [-0.2, -0.15) is 0 Å². The molecule has 0 fully saturated rings. The molecule has 0 heterocycles. The zero-order valence-electron chi connectivity index (χ0n) is 7.99. The molecule has 0 aromatic heterocycles. The summed E-state index contributed by atoms with van der Waals surface area (Å²) in [5.74, 6) is -0.0643. The Kier molecular flexibility index (Phi) is 6.23. The summed E-state index contributed by atoms with van der Waals surface area (Å²) in [5.41, 5.74) is 0. The van der Waals surface area contributed by atoms with Gasteiger partial charge < -0.3 is 9.84 Å².